The lowest BCUT2D eigenvalue weighted by Gasteiger charge is -2.32. The number of thiocarbonyl (C=S) groups is 1. The van der Waals surface area contributed by atoms with Crippen LogP contribution in [0.5, 0.6) is 0 Å². The molecule has 1 saturated heterocycles. The summed E-state index contributed by atoms with van der Waals surface area (Å²) in [6.45, 7) is 6.44. The van der Waals surface area contributed by atoms with Gasteiger partial charge in [-0.3, -0.25) is 4.79 Å². The smallest absolute Gasteiger partial charge is 0.226 e. The third kappa shape index (κ3) is 3.16. The molecule has 1 fully saturated rings. The van der Waals surface area contributed by atoms with Gasteiger partial charge in [0.15, 0.2) is 0 Å². The van der Waals surface area contributed by atoms with E-state index in [0.29, 0.717) is 24.4 Å². The van der Waals surface area contributed by atoms with Gasteiger partial charge in [0.25, 0.3) is 0 Å². The van der Waals surface area contributed by atoms with Crippen LogP contribution in [0.1, 0.15) is 40.0 Å². The Labute approximate surface area is 108 Å². The molecule has 17 heavy (non-hydrogen) atoms. The molecule has 2 unspecified atom stereocenters. The predicted molar refractivity (Wildman–Crippen MR) is 71.8 cm³/mol. The Morgan fingerprint density at radius 3 is 2.47 bits per heavy atom. The summed E-state index contributed by atoms with van der Waals surface area (Å²) < 4.78 is 5.40. The summed E-state index contributed by atoms with van der Waals surface area (Å²) in [5.41, 5.74) is 5.21. The predicted octanol–water partition coefficient (Wildman–Crippen LogP) is 1.37. The number of nitrogens with one attached hydrogen (secondary N) is 1. The third-order valence-corrected chi connectivity index (χ3v) is 4.00. The van der Waals surface area contributed by atoms with Gasteiger partial charge in [0.1, 0.15) is 0 Å². The molecule has 1 amide bonds. The maximum absolute atomic E-state index is 12.1. The molecule has 0 radical (unpaired) electrons. The molecule has 2 atom stereocenters. The van der Waals surface area contributed by atoms with Gasteiger partial charge in [-0.25, -0.2) is 0 Å². The molecule has 0 aromatic rings. The minimum atomic E-state index is -0.543. The van der Waals surface area contributed by atoms with Gasteiger partial charge in [-0.05, 0) is 26.2 Å². The molecule has 0 aliphatic carbocycles. The second kappa shape index (κ2) is 5.78. The van der Waals surface area contributed by atoms with E-state index in [1.165, 1.54) is 0 Å². The minimum absolute atomic E-state index is 0.00542. The zero-order chi connectivity index (χ0) is 13.1. The van der Waals surface area contributed by atoms with Gasteiger partial charge in [-0.15, -0.1) is 0 Å². The van der Waals surface area contributed by atoms with Gasteiger partial charge in [0.2, 0.25) is 5.91 Å². The molecule has 0 aromatic carbocycles. The number of nitrogens with two attached hydrogens (primary N) is 1. The monoisotopic (exact) mass is 258 g/mol. The van der Waals surface area contributed by atoms with Crippen molar-refractivity contribution in [3.63, 3.8) is 0 Å². The normalized spacial score (nSPS) is 24.6. The van der Waals surface area contributed by atoms with Crippen molar-refractivity contribution in [1.29, 1.82) is 0 Å². The average molecular weight is 258 g/mol. The number of hydrogen-bond donors (Lipinski definition) is 2. The summed E-state index contributed by atoms with van der Waals surface area (Å²) in [7, 11) is 0. The Bertz CT molecular complexity index is 303. The van der Waals surface area contributed by atoms with Gasteiger partial charge in [0.05, 0.1) is 29.2 Å². The average Bonchev–Trinajstić information content (AvgIpc) is 2.72. The number of hydrogen-bond acceptors (Lipinski definition) is 3. The van der Waals surface area contributed by atoms with Crippen molar-refractivity contribution in [2.75, 3.05) is 6.61 Å². The second-order valence-corrected chi connectivity index (χ2v) is 5.16. The van der Waals surface area contributed by atoms with E-state index in [0.717, 1.165) is 6.42 Å². The van der Waals surface area contributed by atoms with E-state index in [-0.39, 0.29) is 17.9 Å². The summed E-state index contributed by atoms with van der Waals surface area (Å²) in [5, 5.41) is 3.01. The van der Waals surface area contributed by atoms with Crippen LogP contribution in [0.2, 0.25) is 0 Å². The van der Waals surface area contributed by atoms with Gasteiger partial charge in [-0.1, -0.05) is 26.1 Å². The first-order valence-electron chi connectivity index (χ1n) is 6.18. The molecule has 1 aliphatic heterocycles. The van der Waals surface area contributed by atoms with Crippen LogP contribution in [-0.4, -0.2) is 29.1 Å². The van der Waals surface area contributed by atoms with Crippen LogP contribution in [0.3, 0.4) is 0 Å². The first-order chi connectivity index (χ1) is 7.95. The van der Waals surface area contributed by atoms with Crippen molar-refractivity contribution in [2.45, 2.75) is 51.7 Å². The minimum Gasteiger partial charge on any atom is -0.391 e. The molecule has 0 saturated carbocycles. The molecule has 0 aromatic heterocycles. The fourth-order valence-corrected chi connectivity index (χ4v) is 2.51. The molecule has 1 heterocycles. The van der Waals surface area contributed by atoms with Crippen LogP contribution in [-0.2, 0) is 9.53 Å². The van der Waals surface area contributed by atoms with Crippen molar-refractivity contribution in [2.24, 2.45) is 11.7 Å². The van der Waals surface area contributed by atoms with Gasteiger partial charge >= 0.3 is 0 Å². The number of carbonyl (C=O) groups is 1. The largest absolute Gasteiger partial charge is 0.391 e. The van der Waals surface area contributed by atoms with E-state index in [2.05, 4.69) is 5.32 Å². The Hall–Kier alpha value is -0.680. The van der Waals surface area contributed by atoms with Crippen LogP contribution in [0.15, 0.2) is 0 Å². The lowest BCUT2D eigenvalue weighted by Crippen LogP contribution is -2.57. The highest BCUT2D eigenvalue weighted by molar-refractivity contribution is 7.80. The van der Waals surface area contributed by atoms with E-state index in [9.17, 15) is 4.79 Å². The van der Waals surface area contributed by atoms with Crippen LogP contribution in [0.25, 0.3) is 0 Å². The maximum Gasteiger partial charge on any atom is 0.226 e. The molecule has 98 valence electrons. The van der Waals surface area contributed by atoms with Crippen LogP contribution in [0, 0.1) is 5.92 Å². The Morgan fingerprint density at radius 1 is 1.53 bits per heavy atom. The van der Waals surface area contributed by atoms with Crippen LogP contribution < -0.4 is 11.1 Å². The van der Waals surface area contributed by atoms with Gasteiger partial charge in [0, 0.05) is 0 Å². The quantitative estimate of drug-likeness (QED) is 0.731. The highest BCUT2D eigenvalue weighted by Crippen LogP contribution is 2.22. The second-order valence-electron chi connectivity index (χ2n) is 4.72. The van der Waals surface area contributed by atoms with E-state index < -0.39 is 5.54 Å². The molecule has 5 heteroatoms. The maximum atomic E-state index is 12.1. The Balaban J connectivity index is 2.68. The fourth-order valence-electron chi connectivity index (χ4n) is 2.17. The topological polar surface area (TPSA) is 64.3 Å². The fraction of sp³-hybridized carbons (Fsp3) is 0.833. The lowest BCUT2D eigenvalue weighted by atomic mass is 9.91. The first-order valence-corrected chi connectivity index (χ1v) is 6.59. The van der Waals surface area contributed by atoms with Crippen LogP contribution >= 0.6 is 12.2 Å². The van der Waals surface area contributed by atoms with E-state index in [1.807, 2.05) is 20.8 Å². The van der Waals surface area contributed by atoms with E-state index in [1.54, 1.807) is 0 Å². The van der Waals surface area contributed by atoms with Crippen LogP contribution in [0.4, 0.5) is 0 Å². The summed E-state index contributed by atoms with van der Waals surface area (Å²) >= 11 is 5.08. The molecular weight excluding hydrogens is 236 g/mol. The number of carbonyl (C=O) groups excluding carboxylic acids is 1. The zero-order valence-corrected chi connectivity index (χ0v) is 11.6. The van der Waals surface area contributed by atoms with Crippen molar-refractivity contribution < 1.29 is 9.53 Å². The molecule has 3 N–H and O–H groups in total. The summed E-state index contributed by atoms with van der Waals surface area (Å²) in [5.74, 6) is -0.0670. The summed E-state index contributed by atoms with van der Waals surface area (Å²) in [4.78, 5) is 12.5. The summed E-state index contributed by atoms with van der Waals surface area (Å²) in [6, 6.07) is 0. The van der Waals surface area contributed by atoms with E-state index in [4.69, 9.17) is 22.7 Å². The van der Waals surface area contributed by atoms with Gasteiger partial charge in [-0.2, -0.15) is 0 Å². The van der Waals surface area contributed by atoms with E-state index >= 15 is 0 Å². The number of rotatable bonds is 5. The summed E-state index contributed by atoms with van der Waals surface area (Å²) in [6.07, 6.45) is 2.36. The van der Waals surface area contributed by atoms with Crippen molar-refractivity contribution >= 4 is 23.1 Å². The highest BCUT2D eigenvalue weighted by Gasteiger charge is 2.36. The molecule has 4 nitrogen and oxygen atoms in total. The third-order valence-electron chi connectivity index (χ3n) is 3.61. The van der Waals surface area contributed by atoms with Crippen molar-refractivity contribution in [3.05, 3.63) is 0 Å². The lowest BCUT2D eigenvalue weighted by molar-refractivity contribution is -0.126. The zero-order valence-electron chi connectivity index (χ0n) is 10.8. The number of ether oxygens (including phenoxy) is 1. The standard InChI is InChI=1S/C12H22N2O2S/c1-4-12(5-2,11(13)17)14-10(15)9-6-8(3)16-7-9/h8-9H,4-7H2,1-3H3,(H2,13,17)(H,14,15). The number of amides is 1. The highest BCUT2D eigenvalue weighted by atomic mass is 32.1. The molecule has 0 spiro atoms. The van der Waals surface area contributed by atoms with Crippen molar-refractivity contribution in [1.82, 2.24) is 5.32 Å². The van der Waals surface area contributed by atoms with Gasteiger partial charge < -0.3 is 15.8 Å². The SMILES string of the molecule is CCC(CC)(NC(=O)C1COC(C)C1)C(N)=S. The molecule has 0 bridgehead atoms. The van der Waals surface area contributed by atoms with Crippen molar-refractivity contribution in [3.8, 4) is 0 Å². The molecular formula is C12H22N2O2S. The first kappa shape index (κ1) is 14.4. The molecule has 1 aliphatic rings. The molecule has 1 rings (SSSR count). The Morgan fingerprint density at radius 2 is 2.12 bits per heavy atom. The Kier molecular flexibility index (Phi) is 4.89.